The van der Waals surface area contributed by atoms with Gasteiger partial charge < -0.3 is 14.8 Å². The highest BCUT2D eigenvalue weighted by Gasteiger charge is 2.26. The highest BCUT2D eigenvalue weighted by molar-refractivity contribution is 5.82. The fourth-order valence-electron chi connectivity index (χ4n) is 1.64. The molecule has 1 aromatic rings. The predicted molar refractivity (Wildman–Crippen MR) is 79.5 cm³/mol. The van der Waals surface area contributed by atoms with E-state index in [0.29, 0.717) is 0 Å². The first-order valence-corrected chi connectivity index (χ1v) is 6.91. The smallest absolute Gasteiger partial charge is 0.324 e. The first kappa shape index (κ1) is 17.2. The summed E-state index contributed by atoms with van der Waals surface area (Å²) in [5, 5.41) is 2.78. The van der Waals surface area contributed by atoms with Crippen molar-refractivity contribution < 1.29 is 19.1 Å². The van der Waals surface area contributed by atoms with Crippen molar-refractivity contribution in [1.82, 2.24) is 5.32 Å². The Morgan fingerprint density at radius 2 is 1.81 bits per heavy atom. The highest BCUT2D eigenvalue weighted by atomic mass is 16.6. The van der Waals surface area contributed by atoms with Crippen LogP contribution in [-0.2, 0) is 25.7 Å². The van der Waals surface area contributed by atoms with E-state index in [1.165, 1.54) is 0 Å². The molecule has 0 saturated heterocycles. The molecule has 0 aliphatic carbocycles. The fraction of sp³-hybridized carbons (Fsp3) is 0.500. The largest absolute Gasteiger partial charge is 0.461 e. The summed E-state index contributed by atoms with van der Waals surface area (Å²) in [7, 11) is 1.61. The zero-order valence-electron chi connectivity index (χ0n) is 13.0. The Kier molecular flexibility index (Phi) is 6.37. The highest BCUT2D eigenvalue weighted by Crippen LogP contribution is 2.10. The zero-order valence-corrected chi connectivity index (χ0v) is 13.0. The molecule has 116 valence electrons. The van der Waals surface area contributed by atoms with E-state index >= 15 is 0 Å². The average molecular weight is 293 g/mol. The van der Waals surface area contributed by atoms with Gasteiger partial charge >= 0.3 is 11.9 Å². The zero-order chi connectivity index (χ0) is 15.9. The van der Waals surface area contributed by atoms with Crippen LogP contribution >= 0.6 is 0 Å². The van der Waals surface area contributed by atoms with E-state index in [0.717, 1.165) is 5.56 Å². The third kappa shape index (κ3) is 6.90. The van der Waals surface area contributed by atoms with Gasteiger partial charge in [0, 0.05) is 0 Å². The molecule has 0 bridgehead atoms. The summed E-state index contributed by atoms with van der Waals surface area (Å²) in [6.07, 6.45) is -0.0573. The molecule has 21 heavy (non-hydrogen) atoms. The third-order valence-electron chi connectivity index (χ3n) is 2.65. The summed E-state index contributed by atoms with van der Waals surface area (Å²) in [5.74, 6) is -0.897. The molecule has 0 radical (unpaired) electrons. The van der Waals surface area contributed by atoms with Crippen molar-refractivity contribution in [2.45, 2.75) is 45.4 Å². The maximum absolute atomic E-state index is 11.9. The van der Waals surface area contributed by atoms with Crippen LogP contribution in [0.4, 0.5) is 0 Å². The Morgan fingerprint density at radius 1 is 1.19 bits per heavy atom. The molecule has 5 nitrogen and oxygen atoms in total. The van der Waals surface area contributed by atoms with Gasteiger partial charge in [0.1, 0.15) is 18.2 Å². The first-order valence-electron chi connectivity index (χ1n) is 6.91. The standard InChI is InChI=1S/C16H23NO4/c1-16(2,3)21-15(19)13(17-4)10-14(18)20-11-12-8-6-5-7-9-12/h5-9,13,17H,10-11H2,1-4H3. The van der Waals surface area contributed by atoms with Crippen LogP contribution in [0.2, 0.25) is 0 Å². The summed E-state index contributed by atoms with van der Waals surface area (Å²) in [5.41, 5.74) is 0.323. The Hall–Kier alpha value is -1.88. The van der Waals surface area contributed by atoms with Crippen LogP contribution in [0.25, 0.3) is 0 Å². The Labute approximate surface area is 125 Å². The van der Waals surface area contributed by atoms with Gasteiger partial charge in [-0.3, -0.25) is 9.59 Å². The number of benzene rings is 1. The van der Waals surface area contributed by atoms with Crippen LogP contribution in [0.15, 0.2) is 30.3 Å². The van der Waals surface area contributed by atoms with E-state index in [2.05, 4.69) is 5.32 Å². The molecule has 1 aromatic carbocycles. The minimum atomic E-state index is -0.701. The molecule has 1 rings (SSSR count). The maximum Gasteiger partial charge on any atom is 0.324 e. The van der Waals surface area contributed by atoms with Crippen LogP contribution in [-0.4, -0.2) is 30.6 Å². The molecule has 0 aliphatic heterocycles. The summed E-state index contributed by atoms with van der Waals surface area (Å²) in [6.45, 7) is 5.55. The number of likely N-dealkylation sites (N-methyl/N-ethyl adjacent to an activating group) is 1. The lowest BCUT2D eigenvalue weighted by Gasteiger charge is -2.23. The fourth-order valence-corrected chi connectivity index (χ4v) is 1.64. The van der Waals surface area contributed by atoms with E-state index in [1.54, 1.807) is 27.8 Å². The van der Waals surface area contributed by atoms with E-state index < -0.39 is 23.6 Å². The first-order chi connectivity index (χ1) is 9.81. The molecule has 1 N–H and O–H groups in total. The molecule has 1 atom stereocenters. The van der Waals surface area contributed by atoms with E-state index in [1.807, 2.05) is 30.3 Å². The lowest BCUT2D eigenvalue weighted by atomic mass is 10.1. The normalized spacial score (nSPS) is 12.6. The number of hydrogen-bond donors (Lipinski definition) is 1. The number of carbonyl (C=O) groups is 2. The van der Waals surface area contributed by atoms with Gasteiger partial charge in [-0.05, 0) is 33.4 Å². The van der Waals surface area contributed by atoms with Crippen molar-refractivity contribution in [2.75, 3.05) is 7.05 Å². The second kappa shape index (κ2) is 7.78. The van der Waals surface area contributed by atoms with Crippen LogP contribution in [0.5, 0.6) is 0 Å². The molecule has 0 saturated carbocycles. The van der Waals surface area contributed by atoms with Gasteiger partial charge in [-0.1, -0.05) is 30.3 Å². The summed E-state index contributed by atoms with van der Waals surface area (Å²) < 4.78 is 10.4. The van der Waals surface area contributed by atoms with E-state index in [9.17, 15) is 9.59 Å². The number of rotatable bonds is 6. The van der Waals surface area contributed by atoms with Gasteiger partial charge in [0.05, 0.1) is 6.42 Å². The van der Waals surface area contributed by atoms with Crippen molar-refractivity contribution in [2.24, 2.45) is 0 Å². The van der Waals surface area contributed by atoms with Crippen LogP contribution in [0, 0.1) is 0 Å². The molecule has 0 fully saturated rings. The molecule has 0 aromatic heterocycles. The number of carbonyl (C=O) groups excluding carboxylic acids is 2. The quantitative estimate of drug-likeness (QED) is 0.813. The minimum Gasteiger partial charge on any atom is -0.461 e. The van der Waals surface area contributed by atoms with Crippen molar-refractivity contribution in [1.29, 1.82) is 0 Å². The molecular formula is C16H23NO4. The Balaban J connectivity index is 2.45. The molecule has 0 spiro atoms. The van der Waals surface area contributed by atoms with Crippen molar-refractivity contribution in [3.63, 3.8) is 0 Å². The SMILES string of the molecule is CNC(CC(=O)OCc1ccccc1)C(=O)OC(C)(C)C. The second-order valence-corrected chi connectivity index (χ2v) is 5.73. The molecule has 0 amide bonds. The second-order valence-electron chi connectivity index (χ2n) is 5.73. The monoisotopic (exact) mass is 293 g/mol. The maximum atomic E-state index is 11.9. The summed E-state index contributed by atoms with van der Waals surface area (Å²) >= 11 is 0. The lowest BCUT2D eigenvalue weighted by molar-refractivity contribution is -0.161. The predicted octanol–water partition coefficient (Wildman–Crippen LogP) is 2.05. The molecule has 5 heteroatoms. The summed E-state index contributed by atoms with van der Waals surface area (Å²) in [4.78, 5) is 23.7. The van der Waals surface area contributed by atoms with Gasteiger partial charge in [0.15, 0.2) is 0 Å². The minimum absolute atomic E-state index is 0.0573. The van der Waals surface area contributed by atoms with Crippen LogP contribution in [0.3, 0.4) is 0 Å². The number of hydrogen-bond acceptors (Lipinski definition) is 5. The van der Waals surface area contributed by atoms with Gasteiger partial charge in [-0.25, -0.2) is 0 Å². The van der Waals surface area contributed by atoms with Gasteiger partial charge in [-0.15, -0.1) is 0 Å². The van der Waals surface area contributed by atoms with Crippen molar-refractivity contribution >= 4 is 11.9 Å². The topological polar surface area (TPSA) is 64.6 Å². The number of esters is 2. The van der Waals surface area contributed by atoms with Crippen LogP contribution < -0.4 is 5.32 Å². The van der Waals surface area contributed by atoms with Gasteiger partial charge in [0.25, 0.3) is 0 Å². The molecule has 0 aliphatic rings. The number of ether oxygens (including phenoxy) is 2. The van der Waals surface area contributed by atoms with Crippen molar-refractivity contribution in [3.8, 4) is 0 Å². The van der Waals surface area contributed by atoms with Gasteiger partial charge in [-0.2, -0.15) is 0 Å². The van der Waals surface area contributed by atoms with E-state index in [4.69, 9.17) is 9.47 Å². The third-order valence-corrected chi connectivity index (χ3v) is 2.65. The molecule has 1 unspecified atom stereocenters. The molecule has 0 heterocycles. The Morgan fingerprint density at radius 3 is 2.33 bits per heavy atom. The van der Waals surface area contributed by atoms with Crippen molar-refractivity contribution in [3.05, 3.63) is 35.9 Å². The lowest BCUT2D eigenvalue weighted by Crippen LogP contribution is -2.41. The summed E-state index contributed by atoms with van der Waals surface area (Å²) in [6, 6.07) is 8.69. The average Bonchev–Trinajstić information content (AvgIpc) is 2.41. The van der Waals surface area contributed by atoms with E-state index in [-0.39, 0.29) is 13.0 Å². The molecular weight excluding hydrogens is 270 g/mol. The Bertz CT molecular complexity index is 465. The van der Waals surface area contributed by atoms with Gasteiger partial charge in [0.2, 0.25) is 0 Å². The number of nitrogens with one attached hydrogen (secondary N) is 1. The van der Waals surface area contributed by atoms with Crippen LogP contribution in [0.1, 0.15) is 32.8 Å².